The van der Waals surface area contributed by atoms with Crippen molar-refractivity contribution in [3.05, 3.63) is 53.3 Å². The molecule has 0 bridgehead atoms. The zero-order valence-corrected chi connectivity index (χ0v) is 12.0. The summed E-state index contributed by atoms with van der Waals surface area (Å²) in [5.74, 6) is 0.325. The van der Waals surface area contributed by atoms with Crippen LogP contribution in [0.1, 0.15) is 12.8 Å². The van der Waals surface area contributed by atoms with Crippen molar-refractivity contribution in [2.45, 2.75) is 25.6 Å². The van der Waals surface area contributed by atoms with Crippen molar-refractivity contribution >= 4 is 5.78 Å². The molecule has 0 spiro atoms. The van der Waals surface area contributed by atoms with E-state index < -0.39 is 12.6 Å². The maximum atomic E-state index is 12.3. The largest absolute Gasteiger partial charge is 0.389 e. The Hall–Kier alpha value is -2.64. The maximum Gasteiger partial charge on any atom is 0.389 e. The minimum atomic E-state index is -4.19. The molecule has 0 radical (unpaired) electrons. The van der Waals surface area contributed by atoms with Gasteiger partial charge in [0.1, 0.15) is 0 Å². The molecular formula is C15H13F3N4O. The first kappa shape index (κ1) is 15.3. The van der Waals surface area contributed by atoms with E-state index in [1.165, 1.54) is 16.7 Å². The summed E-state index contributed by atoms with van der Waals surface area (Å²) < 4.78 is 39.7. The smallest absolute Gasteiger partial charge is 0.317 e. The Morgan fingerprint density at radius 1 is 1.13 bits per heavy atom. The number of fused-ring (bicyclic) bond motifs is 1. The second kappa shape index (κ2) is 5.86. The number of hydrogen-bond acceptors (Lipinski definition) is 3. The molecule has 120 valence electrons. The zero-order valence-electron chi connectivity index (χ0n) is 12.0. The van der Waals surface area contributed by atoms with Crippen LogP contribution in [0.25, 0.3) is 17.0 Å². The number of nitrogens with zero attached hydrogens (tertiary/aromatic N) is 4. The Kier molecular flexibility index (Phi) is 3.89. The van der Waals surface area contributed by atoms with Gasteiger partial charge in [-0.25, -0.2) is 4.98 Å². The van der Waals surface area contributed by atoms with Crippen LogP contribution in [0.5, 0.6) is 0 Å². The van der Waals surface area contributed by atoms with Gasteiger partial charge in [-0.15, -0.1) is 0 Å². The van der Waals surface area contributed by atoms with E-state index in [1.807, 2.05) is 0 Å². The van der Waals surface area contributed by atoms with Gasteiger partial charge in [0, 0.05) is 49.4 Å². The molecule has 0 atom stereocenters. The van der Waals surface area contributed by atoms with Gasteiger partial charge >= 0.3 is 6.18 Å². The normalized spacial score (nSPS) is 12.0. The predicted octanol–water partition coefficient (Wildman–Crippen LogP) is 2.90. The van der Waals surface area contributed by atoms with Crippen LogP contribution in [-0.4, -0.2) is 25.1 Å². The van der Waals surface area contributed by atoms with Gasteiger partial charge in [-0.2, -0.15) is 13.2 Å². The molecule has 3 aromatic heterocycles. The molecule has 0 saturated heterocycles. The predicted molar refractivity (Wildman–Crippen MR) is 78.0 cm³/mol. The summed E-state index contributed by atoms with van der Waals surface area (Å²) in [6.07, 6.45) is 1.12. The van der Waals surface area contributed by atoms with E-state index in [0.29, 0.717) is 11.5 Å². The number of imidazole rings is 1. The first-order valence-electron chi connectivity index (χ1n) is 7.00. The molecule has 0 aromatic carbocycles. The van der Waals surface area contributed by atoms with Crippen molar-refractivity contribution < 1.29 is 13.2 Å². The van der Waals surface area contributed by atoms with E-state index >= 15 is 0 Å². The van der Waals surface area contributed by atoms with Crippen molar-refractivity contribution in [1.29, 1.82) is 0 Å². The zero-order chi connectivity index (χ0) is 16.4. The minimum absolute atomic E-state index is 0.0663. The van der Waals surface area contributed by atoms with Gasteiger partial charge in [-0.3, -0.25) is 14.2 Å². The summed E-state index contributed by atoms with van der Waals surface area (Å²) in [6.45, 7) is 0.141. The molecule has 0 aliphatic carbocycles. The monoisotopic (exact) mass is 322 g/mol. The second-order valence-electron chi connectivity index (χ2n) is 5.10. The SMILES string of the molecule is O=c1cc(-c2ccncc2)nc2n(CCCC(F)(F)F)ccn12. The molecule has 5 nitrogen and oxygen atoms in total. The average molecular weight is 322 g/mol. The highest BCUT2D eigenvalue weighted by Gasteiger charge is 2.26. The number of halogens is 3. The first-order valence-corrected chi connectivity index (χ1v) is 7.00. The maximum absolute atomic E-state index is 12.3. The number of aromatic nitrogens is 4. The van der Waals surface area contributed by atoms with Crippen LogP contribution >= 0.6 is 0 Å². The van der Waals surface area contributed by atoms with Gasteiger partial charge in [0.2, 0.25) is 5.78 Å². The molecule has 0 amide bonds. The Bertz CT molecular complexity index is 868. The van der Waals surface area contributed by atoms with Gasteiger partial charge in [0.15, 0.2) is 0 Å². The van der Waals surface area contributed by atoms with E-state index in [-0.39, 0.29) is 18.5 Å². The Morgan fingerprint density at radius 3 is 2.57 bits per heavy atom. The molecule has 3 heterocycles. The molecule has 0 fully saturated rings. The summed E-state index contributed by atoms with van der Waals surface area (Å²) >= 11 is 0. The number of pyridine rings is 1. The molecule has 0 aliphatic heterocycles. The fraction of sp³-hybridized carbons (Fsp3) is 0.267. The number of aryl methyl sites for hydroxylation is 1. The summed E-state index contributed by atoms with van der Waals surface area (Å²) in [5.41, 5.74) is 0.909. The topological polar surface area (TPSA) is 52.2 Å². The van der Waals surface area contributed by atoms with Crippen LogP contribution in [-0.2, 0) is 6.54 Å². The van der Waals surface area contributed by atoms with Crippen molar-refractivity contribution in [1.82, 2.24) is 18.9 Å². The number of alkyl halides is 3. The van der Waals surface area contributed by atoms with Crippen molar-refractivity contribution in [3.8, 4) is 11.3 Å². The van der Waals surface area contributed by atoms with Crippen molar-refractivity contribution in [3.63, 3.8) is 0 Å². The van der Waals surface area contributed by atoms with Crippen molar-refractivity contribution in [2.24, 2.45) is 0 Å². The highest BCUT2D eigenvalue weighted by atomic mass is 19.4. The van der Waals surface area contributed by atoms with Gasteiger partial charge in [-0.05, 0) is 18.6 Å². The number of rotatable bonds is 4. The third-order valence-electron chi connectivity index (χ3n) is 3.42. The van der Waals surface area contributed by atoms with Crippen LogP contribution < -0.4 is 5.56 Å². The van der Waals surface area contributed by atoms with Crippen molar-refractivity contribution in [2.75, 3.05) is 0 Å². The van der Waals surface area contributed by atoms with Crippen LogP contribution in [0.3, 0.4) is 0 Å². The van der Waals surface area contributed by atoms with Gasteiger partial charge in [-0.1, -0.05) is 0 Å². The third kappa shape index (κ3) is 3.41. The molecule has 23 heavy (non-hydrogen) atoms. The van der Waals surface area contributed by atoms with Crippen LogP contribution in [0, 0.1) is 0 Å². The quantitative estimate of drug-likeness (QED) is 0.742. The lowest BCUT2D eigenvalue weighted by molar-refractivity contribution is -0.135. The fourth-order valence-corrected chi connectivity index (χ4v) is 2.33. The van der Waals surface area contributed by atoms with Gasteiger partial charge in [0.25, 0.3) is 5.56 Å². The molecule has 0 saturated carbocycles. The van der Waals surface area contributed by atoms with Crippen LogP contribution in [0.4, 0.5) is 13.2 Å². The third-order valence-corrected chi connectivity index (χ3v) is 3.42. The molecule has 3 rings (SSSR count). The standard InChI is InChI=1S/C15H13F3N4O/c16-15(17,18)4-1-7-21-8-9-22-13(23)10-12(20-14(21)22)11-2-5-19-6-3-11/h2-3,5-6,8-10H,1,4,7H2. The highest BCUT2D eigenvalue weighted by molar-refractivity contribution is 5.59. The molecule has 3 aromatic rings. The summed E-state index contributed by atoms with van der Waals surface area (Å²) in [6, 6.07) is 4.83. The van der Waals surface area contributed by atoms with Gasteiger partial charge < -0.3 is 4.57 Å². The van der Waals surface area contributed by atoms with Gasteiger partial charge in [0.05, 0.1) is 5.69 Å². The summed E-state index contributed by atoms with van der Waals surface area (Å²) in [4.78, 5) is 20.4. The lowest BCUT2D eigenvalue weighted by Gasteiger charge is -2.08. The van der Waals surface area contributed by atoms with Crippen LogP contribution in [0.2, 0.25) is 0 Å². The Labute approximate surface area is 129 Å². The van der Waals surface area contributed by atoms with E-state index in [2.05, 4.69) is 9.97 Å². The van der Waals surface area contributed by atoms with Crippen LogP contribution in [0.15, 0.2) is 47.8 Å². The average Bonchev–Trinajstić information content (AvgIpc) is 2.91. The summed E-state index contributed by atoms with van der Waals surface area (Å²) in [7, 11) is 0. The first-order chi connectivity index (χ1) is 10.9. The van der Waals surface area contributed by atoms with E-state index in [0.717, 1.165) is 5.56 Å². The second-order valence-corrected chi connectivity index (χ2v) is 5.10. The highest BCUT2D eigenvalue weighted by Crippen LogP contribution is 2.22. The minimum Gasteiger partial charge on any atom is -0.317 e. The molecule has 0 N–H and O–H groups in total. The Balaban J connectivity index is 1.95. The number of hydrogen-bond donors (Lipinski definition) is 0. The van der Waals surface area contributed by atoms with E-state index in [9.17, 15) is 18.0 Å². The molecule has 0 unspecified atom stereocenters. The van der Waals surface area contributed by atoms with E-state index in [4.69, 9.17) is 0 Å². The molecule has 8 heteroatoms. The van der Waals surface area contributed by atoms with E-state index in [1.54, 1.807) is 35.3 Å². The molecule has 0 aliphatic rings. The lowest BCUT2D eigenvalue weighted by atomic mass is 10.2. The Morgan fingerprint density at radius 2 is 1.87 bits per heavy atom. The molecular weight excluding hydrogens is 309 g/mol. The lowest BCUT2D eigenvalue weighted by Crippen LogP contribution is -2.15. The fourth-order valence-electron chi connectivity index (χ4n) is 2.33. The summed E-state index contributed by atoms with van der Waals surface area (Å²) in [5, 5.41) is 0.